The highest BCUT2D eigenvalue weighted by Gasteiger charge is 2.23. The Kier molecular flexibility index (Phi) is 5.37. The van der Waals surface area contributed by atoms with Crippen molar-refractivity contribution in [1.82, 2.24) is 9.80 Å². The Morgan fingerprint density at radius 1 is 1.57 bits per heavy atom. The average Bonchev–Trinajstić information content (AvgIpc) is 3.06. The van der Waals surface area contributed by atoms with Crippen LogP contribution in [-0.2, 0) is 16.1 Å². The number of rotatable bonds is 4. The first-order valence-electron chi connectivity index (χ1n) is 6.79. The Bertz CT molecular complexity index is 585. The van der Waals surface area contributed by atoms with Crippen LogP contribution in [0.15, 0.2) is 11.4 Å². The topological polar surface area (TPSA) is 60.9 Å². The van der Waals surface area contributed by atoms with E-state index in [1.165, 1.54) is 11.3 Å². The number of thiophene rings is 1. The maximum atomic E-state index is 12.1. The Balaban J connectivity index is 1.88. The largest absolute Gasteiger partial charge is 0.384 e. The van der Waals surface area contributed by atoms with E-state index in [0.29, 0.717) is 19.5 Å². The first-order chi connectivity index (χ1) is 10.1. The lowest BCUT2D eigenvalue weighted by molar-refractivity contribution is -0.137. The van der Waals surface area contributed by atoms with Crippen molar-refractivity contribution in [2.45, 2.75) is 19.4 Å². The maximum absolute atomic E-state index is 12.1. The van der Waals surface area contributed by atoms with Crippen molar-refractivity contribution in [2.24, 2.45) is 0 Å². The lowest BCUT2D eigenvalue weighted by Crippen LogP contribution is -2.38. The summed E-state index contributed by atoms with van der Waals surface area (Å²) in [6.07, 6.45) is 1.39. The molecule has 6 heteroatoms. The second-order valence-corrected chi connectivity index (χ2v) is 5.86. The van der Waals surface area contributed by atoms with E-state index in [1.807, 2.05) is 11.4 Å². The molecule has 2 amide bonds. The second kappa shape index (κ2) is 7.25. The predicted octanol–water partition coefficient (Wildman–Crippen LogP) is 0.673. The number of amides is 2. The summed E-state index contributed by atoms with van der Waals surface area (Å²) in [6, 6.07) is 1.91. The van der Waals surface area contributed by atoms with Crippen LogP contribution in [0.25, 0.3) is 0 Å². The molecule has 1 aliphatic rings. The van der Waals surface area contributed by atoms with E-state index < -0.39 is 0 Å². The average molecular weight is 306 g/mol. The van der Waals surface area contributed by atoms with Crippen LogP contribution < -0.4 is 0 Å². The van der Waals surface area contributed by atoms with E-state index in [-0.39, 0.29) is 25.0 Å². The van der Waals surface area contributed by atoms with Crippen LogP contribution in [0.4, 0.5) is 0 Å². The highest BCUT2D eigenvalue weighted by atomic mass is 32.1. The summed E-state index contributed by atoms with van der Waals surface area (Å²) in [5.41, 5.74) is 1.01. The molecule has 0 bridgehead atoms. The number of aliphatic hydroxyl groups excluding tert-OH is 1. The van der Waals surface area contributed by atoms with Gasteiger partial charge in [0.15, 0.2) is 0 Å². The van der Waals surface area contributed by atoms with Crippen molar-refractivity contribution >= 4 is 23.2 Å². The molecule has 0 unspecified atom stereocenters. The molecule has 2 heterocycles. The third-order valence-electron chi connectivity index (χ3n) is 3.29. The van der Waals surface area contributed by atoms with Crippen molar-refractivity contribution in [3.63, 3.8) is 0 Å². The first-order valence-corrected chi connectivity index (χ1v) is 7.67. The predicted molar refractivity (Wildman–Crippen MR) is 80.6 cm³/mol. The highest BCUT2D eigenvalue weighted by Crippen LogP contribution is 2.15. The molecule has 0 aromatic carbocycles. The Morgan fingerprint density at radius 2 is 2.38 bits per heavy atom. The molecule has 2 rings (SSSR count). The molecule has 5 nitrogen and oxygen atoms in total. The zero-order valence-electron chi connectivity index (χ0n) is 12.0. The summed E-state index contributed by atoms with van der Waals surface area (Å²) in [5, 5.41) is 10.6. The lowest BCUT2D eigenvalue weighted by atomic mass is 10.3. The van der Waals surface area contributed by atoms with Gasteiger partial charge in [-0.15, -0.1) is 11.3 Å². The number of carbonyl (C=O) groups is 2. The fourth-order valence-corrected chi connectivity index (χ4v) is 2.94. The Labute approximate surface area is 128 Å². The van der Waals surface area contributed by atoms with E-state index in [0.717, 1.165) is 16.9 Å². The zero-order valence-corrected chi connectivity index (χ0v) is 12.8. The molecular formula is C15H18N2O3S. The third-order valence-corrected chi connectivity index (χ3v) is 4.18. The van der Waals surface area contributed by atoms with Gasteiger partial charge in [0.1, 0.15) is 6.61 Å². The molecule has 0 radical (unpaired) electrons. The standard InChI is InChI=1S/C15H18N2O3S/c1-16(15(20)10-17-6-2-5-14(17)19)9-12-8-13(21-11-12)4-3-7-18/h8,11,18H,2,5-7,9-10H2,1H3. The minimum absolute atomic E-state index is 0.0561. The second-order valence-electron chi connectivity index (χ2n) is 4.95. The van der Waals surface area contributed by atoms with E-state index in [4.69, 9.17) is 5.11 Å². The molecule has 1 saturated heterocycles. The van der Waals surface area contributed by atoms with Gasteiger partial charge in [0.25, 0.3) is 0 Å². The highest BCUT2D eigenvalue weighted by molar-refractivity contribution is 7.10. The van der Waals surface area contributed by atoms with E-state index in [9.17, 15) is 9.59 Å². The molecule has 1 fully saturated rings. The summed E-state index contributed by atoms with van der Waals surface area (Å²) in [5.74, 6) is 5.45. The van der Waals surface area contributed by atoms with Gasteiger partial charge in [-0.25, -0.2) is 0 Å². The van der Waals surface area contributed by atoms with Crippen LogP contribution in [0.5, 0.6) is 0 Å². The van der Waals surface area contributed by atoms with Gasteiger partial charge >= 0.3 is 0 Å². The Hall–Kier alpha value is -1.84. The number of likely N-dealkylation sites (tertiary alicyclic amines) is 1. The zero-order chi connectivity index (χ0) is 15.2. The summed E-state index contributed by atoms with van der Waals surface area (Å²) in [4.78, 5) is 27.7. The molecule has 0 atom stereocenters. The number of hydrogen-bond acceptors (Lipinski definition) is 4. The smallest absolute Gasteiger partial charge is 0.242 e. The van der Waals surface area contributed by atoms with Crippen LogP contribution in [0.1, 0.15) is 23.3 Å². The van der Waals surface area contributed by atoms with Crippen LogP contribution in [0, 0.1) is 11.8 Å². The van der Waals surface area contributed by atoms with Crippen molar-refractivity contribution < 1.29 is 14.7 Å². The van der Waals surface area contributed by atoms with Gasteiger partial charge in [0, 0.05) is 26.6 Å². The molecule has 112 valence electrons. The summed E-state index contributed by atoms with van der Waals surface area (Å²) < 4.78 is 0. The SMILES string of the molecule is CN(Cc1csc(C#CCO)c1)C(=O)CN1CCCC1=O. The third kappa shape index (κ3) is 4.31. The van der Waals surface area contributed by atoms with Gasteiger partial charge in [0.2, 0.25) is 11.8 Å². The van der Waals surface area contributed by atoms with Gasteiger partial charge < -0.3 is 14.9 Å². The minimum atomic E-state index is -0.157. The van der Waals surface area contributed by atoms with Crippen LogP contribution in [-0.4, -0.2) is 53.5 Å². The van der Waals surface area contributed by atoms with Crippen molar-refractivity contribution in [3.05, 3.63) is 21.9 Å². The molecule has 1 aromatic rings. The van der Waals surface area contributed by atoms with Crippen LogP contribution in [0.3, 0.4) is 0 Å². The molecule has 21 heavy (non-hydrogen) atoms. The Morgan fingerprint density at radius 3 is 3.05 bits per heavy atom. The number of carbonyl (C=O) groups excluding carboxylic acids is 2. The molecule has 1 aliphatic heterocycles. The fraction of sp³-hybridized carbons (Fsp3) is 0.467. The fourth-order valence-electron chi connectivity index (χ4n) is 2.17. The number of nitrogens with zero attached hydrogens (tertiary/aromatic N) is 2. The van der Waals surface area contributed by atoms with Crippen LogP contribution >= 0.6 is 11.3 Å². The molecule has 1 aromatic heterocycles. The van der Waals surface area contributed by atoms with E-state index in [2.05, 4.69) is 11.8 Å². The summed E-state index contributed by atoms with van der Waals surface area (Å²) in [7, 11) is 1.74. The minimum Gasteiger partial charge on any atom is -0.384 e. The first kappa shape index (κ1) is 15.5. The molecule has 0 spiro atoms. The molecule has 0 saturated carbocycles. The van der Waals surface area contributed by atoms with Crippen LogP contribution in [0.2, 0.25) is 0 Å². The molecule has 1 N–H and O–H groups in total. The van der Waals surface area contributed by atoms with Gasteiger partial charge in [-0.3, -0.25) is 9.59 Å². The number of likely N-dealkylation sites (N-methyl/N-ethyl adjacent to an activating group) is 1. The quantitative estimate of drug-likeness (QED) is 0.832. The van der Waals surface area contributed by atoms with Gasteiger partial charge in [-0.05, 0) is 23.4 Å². The van der Waals surface area contributed by atoms with Crippen molar-refractivity contribution in [1.29, 1.82) is 0 Å². The maximum Gasteiger partial charge on any atom is 0.242 e. The summed E-state index contributed by atoms with van der Waals surface area (Å²) in [6.45, 7) is 1.18. The number of aliphatic hydroxyl groups is 1. The summed E-state index contributed by atoms with van der Waals surface area (Å²) >= 11 is 1.49. The van der Waals surface area contributed by atoms with E-state index >= 15 is 0 Å². The lowest BCUT2D eigenvalue weighted by Gasteiger charge is -2.21. The van der Waals surface area contributed by atoms with Gasteiger partial charge in [-0.1, -0.05) is 11.8 Å². The van der Waals surface area contributed by atoms with E-state index in [1.54, 1.807) is 16.8 Å². The van der Waals surface area contributed by atoms with Crippen molar-refractivity contribution in [3.8, 4) is 11.8 Å². The molecular weight excluding hydrogens is 288 g/mol. The normalized spacial score (nSPS) is 14.0. The monoisotopic (exact) mass is 306 g/mol. The van der Waals surface area contributed by atoms with Gasteiger partial charge in [-0.2, -0.15) is 0 Å². The van der Waals surface area contributed by atoms with Crippen molar-refractivity contribution in [2.75, 3.05) is 26.7 Å². The van der Waals surface area contributed by atoms with Gasteiger partial charge in [0.05, 0.1) is 11.4 Å². The number of hydrogen-bond donors (Lipinski definition) is 1. The molecule has 0 aliphatic carbocycles.